The molecule has 6 nitrogen and oxygen atoms in total. The number of aliphatic imine (C=N–C) groups is 1. The highest BCUT2D eigenvalue weighted by molar-refractivity contribution is 7.94. The van der Waals surface area contributed by atoms with E-state index in [9.17, 15) is 9.90 Å². The molecule has 7 heteroatoms. The van der Waals surface area contributed by atoms with E-state index in [4.69, 9.17) is 14.3 Å². The largest absolute Gasteiger partial charge is 0.504 e. The van der Waals surface area contributed by atoms with Crippen molar-refractivity contribution in [2.75, 3.05) is 5.75 Å². The van der Waals surface area contributed by atoms with E-state index in [0.29, 0.717) is 11.3 Å². The van der Waals surface area contributed by atoms with E-state index >= 15 is 0 Å². The molecule has 0 saturated heterocycles. The minimum Gasteiger partial charge on any atom is -0.504 e. The number of nitrogens with two attached hydrogens (primary N) is 1. The monoisotopic (exact) mass is 356 g/mol. The van der Waals surface area contributed by atoms with Gasteiger partial charge < -0.3 is 19.4 Å². The highest BCUT2D eigenvalue weighted by atomic mass is 32.2. The van der Waals surface area contributed by atoms with Crippen molar-refractivity contribution >= 4 is 34.8 Å². The molecule has 0 atom stereocenters. The summed E-state index contributed by atoms with van der Waals surface area (Å²) in [7, 11) is 0. The minimum absolute atomic E-state index is 0.0418. The molecule has 0 aliphatic carbocycles. The molecule has 1 amide bonds. The number of hydrogen-bond acceptors (Lipinski definition) is 5. The number of amidine groups is 1. The number of phenols is 1. The van der Waals surface area contributed by atoms with Crippen LogP contribution in [0.5, 0.6) is 11.5 Å². The van der Waals surface area contributed by atoms with Crippen LogP contribution in [0.1, 0.15) is 22.8 Å². The van der Waals surface area contributed by atoms with Crippen molar-refractivity contribution in [2.45, 2.75) is 6.92 Å². The third-order valence-corrected chi connectivity index (χ3v) is 3.98. The number of rotatable bonds is 5. The highest BCUT2D eigenvalue weighted by Crippen LogP contribution is 2.30. The maximum Gasteiger partial charge on any atom is 0.279 e. The normalized spacial score (nSPS) is 11.6. The number of benzene rings is 2. The van der Waals surface area contributed by atoms with Gasteiger partial charge in [0.15, 0.2) is 11.5 Å². The molecule has 0 unspecified atom stereocenters. The van der Waals surface area contributed by atoms with Crippen LogP contribution in [0.25, 0.3) is 11.0 Å². The first kappa shape index (κ1) is 16.9. The molecule has 25 heavy (non-hydrogen) atoms. The Labute approximate surface area is 148 Å². The number of phenolic OH excluding ortho intramolecular Hbond substituents is 1. The Morgan fingerprint density at radius 2 is 2.04 bits per heavy atom. The molecule has 0 bridgehead atoms. The fraction of sp³-hybridized carbons (Fsp3) is 0.111. The maximum atomic E-state index is 12.3. The lowest BCUT2D eigenvalue weighted by Crippen LogP contribution is -2.15. The number of aromatic hydroxyl groups is 1. The number of amides is 1. The molecule has 0 spiro atoms. The van der Waals surface area contributed by atoms with E-state index in [2.05, 4.69) is 4.99 Å². The van der Waals surface area contributed by atoms with Gasteiger partial charge in [0.05, 0.1) is 18.3 Å². The van der Waals surface area contributed by atoms with Gasteiger partial charge in [-0.25, -0.2) is 0 Å². The number of hydrogen-bond donors (Lipinski definition) is 2. The third kappa shape index (κ3) is 3.77. The molecule has 0 aliphatic rings. The SMILES string of the molecule is CCSOc1cc(C(=O)N=C(N)c2ccc3occc3c2)ccc1O. The molecule has 1 aromatic heterocycles. The molecule has 0 saturated carbocycles. The van der Waals surface area contributed by atoms with Crippen LogP contribution in [-0.4, -0.2) is 22.6 Å². The molecule has 128 valence electrons. The molecule has 0 fully saturated rings. The molecule has 0 radical (unpaired) electrons. The van der Waals surface area contributed by atoms with Crippen molar-refractivity contribution < 1.29 is 18.5 Å². The second kappa shape index (κ2) is 7.31. The van der Waals surface area contributed by atoms with Gasteiger partial charge in [-0.1, -0.05) is 6.92 Å². The Bertz CT molecular complexity index is 949. The summed E-state index contributed by atoms with van der Waals surface area (Å²) in [5, 5.41) is 10.6. The van der Waals surface area contributed by atoms with Gasteiger partial charge >= 0.3 is 0 Å². The summed E-state index contributed by atoms with van der Waals surface area (Å²) >= 11 is 1.17. The molecular weight excluding hydrogens is 340 g/mol. The van der Waals surface area contributed by atoms with Crippen LogP contribution in [0.2, 0.25) is 0 Å². The van der Waals surface area contributed by atoms with Crippen molar-refractivity contribution in [2.24, 2.45) is 10.7 Å². The van der Waals surface area contributed by atoms with E-state index in [-0.39, 0.29) is 22.9 Å². The summed E-state index contributed by atoms with van der Waals surface area (Å²) in [6.07, 6.45) is 1.58. The van der Waals surface area contributed by atoms with E-state index in [0.717, 1.165) is 11.0 Å². The quantitative estimate of drug-likeness (QED) is 0.411. The Morgan fingerprint density at radius 3 is 2.84 bits per heavy atom. The summed E-state index contributed by atoms with van der Waals surface area (Å²) in [4.78, 5) is 16.3. The zero-order valence-electron chi connectivity index (χ0n) is 13.4. The molecule has 2 aromatic carbocycles. The number of carbonyl (C=O) groups is 1. The molecule has 3 N–H and O–H groups in total. The smallest absolute Gasteiger partial charge is 0.279 e. The topological polar surface area (TPSA) is 98.0 Å². The summed E-state index contributed by atoms with van der Waals surface area (Å²) in [6.45, 7) is 1.92. The van der Waals surface area contributed by atoms with Crippen molar-refractivity contribution in [3.05, 3.63) is 59.9 Å². The Hall–Kier alpha value is -2.93. The van der Waals surface area contributed by atoms with Crippen LogP contribution in [0.4, 0.5) is 0 Å². The fourth-order valence-electron chi connectivity index (χ4n) is 2.20. The first-order chi connectivity index (χ1) is 12.1. The predicted molar refractivity (Wildman–Crippen MR) is 98.1 cm³/mol. The Kier molecular flexibility index (Phi) is 4.95. The van der Waals surface area contributed by atoms with Gasteiger partial charge in [0.2, 0.25) is 0 Å². The Balaban J connectivity index is 1.85. The van der Waals surface area contributed by atoms with Crippen LogP contribution in [0.3, 0.4) is 0 Å². The van der Waals surface area contributed by atoms with Crippen molar-refractivity contribution in [1.29, 1.82) is 0 Å². The average Bonchev–Trinajstić information content (AvgIpc) is 3.08. The molecule has 3 rings (SSSR count). The number of furan rings is 1. The van der Waals surface area contributed by atoms with Crippen LogP contribution >= 0.6 is 12.0 Å². The maximum absolute atomic E-state index is 12.3. The van der Waals surface area contributed by atoms with Gasteiger partial charge in [-0.3, -0.25) is 4.79 Å². The van der Waals surface area contributed by atoms with Gasteiger partial charge in [-0.2, -0.15) is 4.99 Å². The van der Waals surface area contributed by atoms with Gasteiger partial charge in [-0.15, -0.1) is 0 Å². The third-order valence-electron chi connectivity index (χ3n) is 3.44. The summed E-state index contributed by atoms with van der Waals surface area (Å²) < 4.78 is 10.6. The van der Waals surface area contributed by atoms with Crippen molar-refractivity contribution in [3.63, 3.8) is 0 Å². The summed E-state index contributed by atoms with van der Waals surface area (Å²) in [5.74, 6) is 0.466. The lowest BCUT2D eigenvalue weighted by atomic mass is 10.1. The minimum atomic E-state index is -0.517. The van der Waals surface area contributed by atoms with Crippen LogP contribution < -0.4 is 9.92 Å². The van der Waals surface area contributed by atoms with Crippen LogP contribution in [0, 0.1) is 0 Å². The second-order valence-electron chi connectivity index (χ2n) is 5.15. The van der Waals surface area contributed by atoms with Gasteiger partial charge in [0.1, 0.15) is 11.4 Å². The molecule has 1 heterocycles. The Morgan fingerprint density at radius 1 is 1.24 bits per heavy atom. The number of carbonyl (C=O) groups excluding carboxylic acids is 1. The molecule has 3 aromatic rings. The van der Waals surface area contributed by atoms with E-state index < -0.39 is 5.91 Å². The fourth-order valence-corrected chi connectivity index (χ4v) is 2.58. The summed E-state index contributed by atoms with van der Waals surface area (Å²) in [5.41, 5.74) is 7.59. The van der Waals surface area contributed by atoms with Gasteiger partial charge in [-0.05, 0) is 42.5 Å². The van der Waals surface area contributed by atoms with E-state index in [1.54, 1.807) is 24.5 Å². The molecule has 0 aliphatic heterocycles. The first-order valence-corrected chi connectivity index (χ1v) is 8.48. The zero-order valence-corrected chi connectivity index (χ0v) is 14.2. The van der Waals surface area contributed by atoms with E-state index in [1.165, 1.54) is 30.2 Å². The van der Waals surface area contributed by atoms with Crippen LogP contribution in [-0.2, 0) is 0 Å². The number of fused-ring (bicyclic) bond motifs is 1. The zero-order chi connectivity index (χ0) is 17.8. The van der Waals surface area contributed by atoms with Crippen molar-refractivity contribution in [1.82, 2.24) is 0 Å². The van der Waals surface area contributed by atoms with E-state index in [1.807, 2.05) is 13.0 Å². The highest BCUT2D eigenvalue weighted by Gasteiger charge is 2.12. The second-order valence-corrected chi connectivity index (χ2v) is 6.13. The lowest BCUT2D eigenvalue weighted by Gasteiger charge is -2.06. The van der Waals surface area contributed by atoms with Gasteiger partial charge in [0, 0.05) is 22.3 Å². The average molecular weight is 356 g/mol. The predicted octanol–water partition coefficient (Wildman–Crippen LogP) is 3.73. The van der Waals surface area contributed by atoms with Crippen LogP contribution in [0.15, 0.2) is 58.1 Å². The van der Waals surface area contributed by atoms with Crippen molar-refractivity contribution in [3.8, 4) is 11.5 Å². The number of nitrogens with zero attached hydrogens (tertiary/aromatic N) is 1. The first-order valence-electron chi connectivity index (χ1n) is 7.57. The summed E-state index contributed by atoms with van der Waals surface area (Å²) in [6, 6.07) is 11.4. The molecular formula is C18H16N2O4S. The van der Waals surface area contributed by atoms with Gasteiger partial charge in [0.25, 0.3) is 5.91 Å². The lowest BCUT2D eigenvalue weighted by molar-refractivity contribution is 0.100. The standard InChI is InChI=1S/C18H16N2O4S/c1-2-25-24-16-10-13(3-5-14(16)21)18(22)20-17(19)12-4-6-15-11(9-12)7-8-23-15/h3-10,21H,2H2,1H3,(H2,19,20,22).